The van der Waals surface area contributed by atoms with Crippen molar-refractivity contribution in [3.63, 3.8) is 0 Å². The Balaban J connectivity index is 1.40. The highest BCUT2D eigenvalue weighted by Crippen LogP contribution is 2.48. The molecule has 0 aromatic heterocycles. The average molecular weight is 435 g/mol. The Morgan fingerprint density at radius 1 is 0.871 bits per heavy atom. The topological polar surface area (TPSA) is 0 Å². The SMILES string of the molecule is CCCCCCC1CCC2CC(c3ccc4c(F)c(C(F)(F)F)ccc4c3)CCC2C1. The maximum Gasteiger partial charge on any atom is 0.419 e. The molecular weight excluding hydrogens is 400 g/mol. The van der Waals surface area contributed by atoms with Gasteiger partial charge in [0.15, 0.2) is 0 Å². The summed E-state index contributed by atoms with van der Waals surface area (Å²) in [5.74, 6) is 1.80. The molecule has 2 aromatic rings. The number of halogens is 4. The minimum Gasteiger partial charge on any atom is -0.206 e. The highest BCUT2D eigenvalue weighted by molar-refractivity contribution is 5.84. The number of unbranched alkanes of at least 4 members (excludes halogenated alkanes) is 3. The largest absolute Gasteiger partial charge is 0.419 e. The molecule has 0 N–H and O–H groups in total. The summed E-state index contributed by atoms with van der Waals surface area (Å²) in [5.41, 5.74) is -0.0218. The second-order valence-electron chi connectivity index (χ2n) is 9.96. The average Bonchev–Trinajstić information content (AvgIpc) is 2.75. The molecule has 0 spiro atoms. The molecule has 0 bridgehead atoms. The summed E-state index contributed by atoms with van der Waals surface area (Å²) in [6, 6.07) is 7.62. The molecule has 0 heterocycles. The van der Waals surface area contributed by atoms with E-state index in [1.54, 1.807) is 6.07 Å². The number of alkyl halides is 3. The van der Waals surface area contributed by atoms with Crippen LogP contribution in [0.1, 0.15) is 94.6 Å². The fourth-order valence-corrected chi connectivity index (χ4v) is 6.19. The van der Waals surface area contributed by atoms with Gasteiger partial charge in [-0.05, 0) is 72.8 Å². The summed E-state index contributed by atoms with van der Waals surface area (Å²) in [6.07, 6.45) is 9.73. The van der Waals surface area contributed by atoms with Crippen molar-refractivity contribution in [1.82, 2.24) is 0 Å². The third-order valence-electron chi connectivity index (χ3n) is 7.94. The number of hydrogen-bond donors (Lipinski definition) is 0. The molecule has 0 aliphatic heterocycles. The maximum atomic E-state index is 14.4. The lowest BCUT2D eigenvalue weighted by Gasteiger charge is -2.42. The molecule has 0 radical (unpaired) electrons. The van der Waals surface area contributed by atoms with Crippen LogP contribution in [0.4, 0.5) is 17.6 Å². The van der Waals surface area contributed by atoms with Crippen LogP contribution in [-0.4, -0.2) is 0 Å². The lowest BCUT2D eigenvalue weighted by molar-refractivity contribution is -0.139. The van der Waals surface area contributed by atoms with Gasteiger partial charge in [-0.3, -0.25) is 0 Å². The number of hydrogen-bond acceptors (Lipinski definition) is 0. The predicted octanol–water partition coefficient (Wildman–Crippen LogP) is 9.27. The van der Waals surface area contributed by atoms with Gasteiger partial charge in [0.2, 0.25) is 0 Å². The fraction of sp³-hybridized carbons (Fsp3) is 0.630. The zero-order valence-electron chi connectivity index (χ0n) is 18.5. The molecule has 2 aromatic carbocycles. The zero-order chi connectivity index (χ0) is 22.0. The summed E-state index contributed by atoms with van der Waals surface area (Å²) >= 11 is 0. The van der Waals surface area contributed by atoms with Crippen molar-refractivity contribution in [3.8, 4) is 0 Å². The van der Waals surface area contributed by atoms with Crippen LogP contribution in [0.15, 0.2) is 30.3 Å². The van der Waals surface area contributed by atoms with Gasteiger partial charge >= 0.3 is 6.18 Å². The third kappa shape index (κ3) is 5.09. The van der Waals surface area contributed by atoms with Crippen LogP contribution in [0, 0.1) is 23.6 Å². The first kappa shape index (κ1) is 22.6. The van der Waals surface area contributed by atoms with E-state index in [9.17, 15) is 17.6 Å². The van der Waals surface area contributed by atoms with Crippen LogP contribution in [0.5, 0.6) is 0 Å². The van der Waals surface area contributed by atoms with Gasteiger partial charge in [-0.15, -0.1) is 0 Å². The molecule has 170 valence electrons. The number of rotatable bonds is 6. The Morgan fingerprint density at radius 2 is 1.65 bits per heavy atom. The van der Waals surface area contributed by atoms with Gasteiger partial charge < -0.3 is 0 Å². The highest BCUT2D eigenvalue weighted by Gasteiger charge is 2.37. The van der Waals surface area contributed by atoms with Gasteiger partial charge in [-0.25, -0.2) is 4.39 Å². The number of benzene rings is 2. The summed E-state index contributed by atoms with van der Waals surface area (Å²) in [6.45, 7) is 2.26. The second-order valence-corrected chi connectivity index (χ2v) is 9.96. The lowest BCUT2D eigenvalue weighted by Crippen LogP contribution is -2.30. The third-order valence-corrected chi connectivity index (χ3v) is 7.94. The van der Waals surface area contributed by atoms with Crippen molar-refractivity contribution < 1.29 is 17.6 Å². The zero-order valence-corrected chi connectivity index (χ0v) is 18.5. The predicted molar refractivity (Wildman–Crippen MR) is 119 cm³/mol. The molecule has 2 fully saturated rings. The van der Waals surface area contributed by atoms with Crippen molar-refractivity contribution in [1.29, 1.82) is 0 Å². The lowest BCUT2D eigenvalue weighted by atomic mass is 9.63. The molecule has 31 heavy (non-hydrogen) atoms. The van der Waals surface area contributed by atoms with E-state index in [2.05, 4.69) is 6.92 Å². The van der Waals surface area contributed by atoms with Crippen LogP contribution >= 0.6 is 0 Å². The first-order valence-electron chi connectivity index (χ1n) is 12.2. The molecule has 2 saturated carbocycles. The quantitative estimate of drug-likeness (QED) is 0.314. The van der Waals surface area contributed by atoms with Crippen molar-refractivity contribution >= 4 is 10.8 Å². The summed E-state index contributed by atoms with van der Waals surface area (Å²) in [7, 11) is 0. The monoisotopic (exact) mass is 434 g/mol. The van der Waals surface area contributed by atoms with Gasteiger partial charge in [0.1, 0.15) is 5.82 Å². The van der Waals surface area contributed by atoms with E-state index >= 15 is 0 Å². The van der Waals surface area contributed by atoms with E-state index < -0.39 is 17.6 Å². The second kappa shape index (κ2) is 9.50. The van der Waals surface area contributed by atoms with Crippen molar-refractivity contribution in [2.75, 3.05) is 0 Å². The van der Waals surface area contributed by atoms with Gasteiger partial charge in [0, 0.05) is 5.39 Å². The minimum absolute atomic E-state index is 0.0656. The smallest absolute Gasteiger partial charge is 0.206 e. The first-order chi connectivity index (χ1) is 14.9. The highest BCUT2D eigenvalue weighted by atomic mass is 19.4. The van der Waals surface area contributed by atoms with Crippen LogP contribution in [-0.2, 0) is 6.18 Å². The molecule has 0 nitrogen and oxygen atoms in total. The molecular formula is C27H34F4. The van der Waals surface area contributed by atoms with Gasteiger partial charge in [0.05, 0.1) is 5.56 Å². The summed E-state index contributed by atoms with van der Waals surface area (Å²) < 4.78 is 53.4. The molecule has 4 rings (SSSR count). The van der Waals surface area contributed by atoms with Gasteiger partial charge in [-0.1, -0.05) is 69.7 Å². The van der Waals surface area contributed by atoms with Crippen LogP contribution in [0.3, 0.4) is 0 Å². The first-order valence-corrected chi connectivity index (χ1v) is 12.2. The van der Waals surface area contributed by atoms with Crippen LogP contribution in [0.2, 0.25) is 0 Å². The van der Waals surface area contributed by atoms with Crippen molar-refractivity contribution in [2.24, 2.45) is 17.8 Å². The summed E-state index contributed by atoms with van der Waals surface area (Å²) in [4.78, 5) is 0. The Hall–Kier alpha value is -1.58. The Bertz CT molecular complexity index is 885. The molecule has 2 aliphatic rings. The van der Waals surface area contributed by atoms with E-state index in [1.807, 2.05) is 12.1 Å². The van der Waals surface area contributed by atoms with Crippen molar-refractivity contribution in [3.05, 3.63) is 47.3 Å². The molecule has 2 aliphatic carbocycles. The molecule has 4 unspecified atom stereocenters. The summed E-state index contributed by atoms with van der Waals surface area (Å²) in [5, 5.41) is 0.636. The molecule has 4 atom stereocenters. The Morgan fingerprint density at radius 3 is 2.42 bits per heavy atom. The van der Waals surface area contributed by atoms with E-state index in [4.69, 9.17) is 0 Å². The molecule has 0 saturated heterocycles. The fourth-order valence-electron chi connectivity index (χ4n) is 6.19. The minimum atomic E-state index is -4.66. The van der Waals surface area contributed by atoms with Gasteiger partial charge in [-0.2, -0.15) is 13.2 Å². The Kier molecular flexibility index (Phi) is 6.93. The molecule has 0 amide bonds. The van der Waals surface area contributed by atoms with E-state index in [-0.39, 0.29) is 5.39 Å². The maximum absolute atomic E-state index is 14.4. The Labute approximate surface area is 183 Å². The van der Waals surface area contributed by atoms with Crippen LogP contribution < -0.4 is 0 Å². The van der Waals surface area contributed by atoms with E-state index in [0.717, 1.165) is 35.8 Å². The van der Waals surface area contributed by atoms with E-state index in [0.29, 0.717) is 11.3 Å². The standard InChI is InChI=1S/C27H34F4/c1-2-3-4-5-6-18-7-8-20-16-21(10-9-19(20)15-18)22-11-13-24-23(17-22)12-14-25(26(24)28)27(29,30)31/h11-14,17-21H,2-10,15-16H2,1H3. The number of fused-ring (bicyclic) bond motifs is 2. The van der Waals surface area contributed by atoms with Gasteiger partial charge in [0.25, 0.3) is 0 Å². The normalized spacial score (nSPS) is 26.7. The van der Waals surface area contributed by atoms with Crippen molar-refractivity contribution in [2.45, 2.75) is 89.6 Å². The molecule has 4 heteroatoms. The van der Waals surface area contributed by atoms with Crippen LogP contribution in [0.25, 0.3) is 10.8 Å². The van der Waals surface area contributed by atoms with E-state index in [1.165, 1.54) is 70.3 Å².